The Morgan fingerprint density at radius 2 is 2.08 bits per heavy atom. The Morgan fingerprint density at radius 1 is 1.35 bits per heavy atom. The second-order valence-electron chi connectivity index (χ2n) is 7.67. The van der Waals surface area contributed by atoms with Gasteiger partial charge in [-0.15, -0.1) is 0 Å². The third kappa shape index (κ3) is 6.29. The number of likely N-dealkylation sites (tertiary alicyclic amines) is 1. The highest BCUT2D eigenvalue weighted by Crippen LogP contribution is 2.22. The smallest absolute Gasteiger partial charge is 0.213 e. The molecule has 7 heteroatoms. The van der Waals surface area contributed by atoms with E-state index >= 15 is 0 Å². The lowest BCUT2D eigenvalue weighted by Gasteiger charge is -2.34. The van der Waals surface area contributed by atoms with Gasteiger partial charge in [0, 0.05) is 45.9 Å². The van der Waals surface area contributed by atoms with Crippen LogP contribution in [0.3, 0.4) is 0 Å². The molecule has 1 aliphatic heterocycles. The Kier molecular flexibility index (Phi) is 7.90. The van der Waals surface area contributed by atoms with E-state index in [-0.39, 0.29) is 5.41 Å². The number of rotatable bonds is 7. The molecule has 0 atom stereocenters. The van der Waals surface area contributed by atoms with Gasteiger partial charge < -0.3 is 24.1 Å². The van der Waals surface area contributed by atoms with Crippen LogP contribution < -0.4 is 5.32 Å². The molecular weight excluding hydrogens is 332 g/mol. The summed E-state index contributed by atoms with van der Waals surface area (Å²) >= 11 is 0. The van der Waals surface area contributed by atoms with Crippen LogP contribution in [0.25, 0.3) is 0 Å². The Hall–Kier alpha value is -1.60. The molecule has 0 unspecified atom stereocenters. The van der Waals surface area contributed by atoms with Crippen molar-refractivity contribution in [3.8, 4) is 0 Å². The minimum Gasteiger partial charge on any atom is -0.443 e. The molecule has 1 saturated heterocycles. The molecule has 0 amide bonds. The zero-order valence-corrected chi connectivity index (χ0v) is 16.9. The molecule has 0 aliphatic carbocycles. The summed E-state index contributed by atoms with van der Waals surface area (Å²) in [5.41, 5.74) is -0.0297. The van der Waals surface area contributed by atoms with E-state index in [1.54, 1.807) is 7.11 Å². The largest absolute Gasteiger partial charge is 0.443 e. The summed E-state index contributed by atoms with van der Waals surface area (Å²) in [6, 6.07) is 0. The van der Waals surface area contributed by atoms with Crippen molar-refractivity contribution in [1.82, 2.24) is 15.2 Å². The van der Waals surface area contributed by atoms with Gasteiger partial charge in [-0.25, -0.2) is 4.98 Å². The van der Waals surface area contributed by atoms with Crippen LogP contribution in [0.1, 0.15) is 51.7 Å². The first-order valence-electron chi connectivity index (χ1n) is 9.45. The molecule has 7 nitrogen and oxygen atoms in total. The van der Waals surface area contributed by atoms with Gasteiger partial charge in [0.25, 0.3) is 0 Å². The second-order valence-corrected chi connectivity index (χ2v) is 7.67. The average Bonchev–Trinajstić information content (AvgIpc) is 3.10. The second kappa shape index (κ2) is 9.92. The molecule has 2 rings (SSSR count). The van der Waals surface area contributed by atoms with E-state index in [1.807, 2.05) is 13.2 Å². The summed E-state index contributed by atoms with van der Waals surface area (Å²) in [7, 11) is 3.53. The summed E-state index contributed by atoms with van der Waals surface area (Å²) in [5.74, 6) is 2.47. The van der Waals surface area contributed by atoms with Crippen molar-refractivity contribution in [3.05, 3.63) is 17.8 Å². The fourth-order valence-electron chi connectivity index (χ4n) is 2.91. The summed E-state index contributed by atoms with van der Waals surface area (Å²) < 4.78 is 16.8. The number of nitrogens with zero attached hydrogens (tertiary/aromatic N) is 3. The van der Waals surface area contributed by atoms with E-state index < -0.39 is 0 Å². The quantitative estimate of drug-likeness (QED) is 0.454. The Labute approximate surface area is 157 Å². The molecule has 0 saturated carbocycles. The Balaban J connectivity index is 1.75. The molecule has 0 spiro atoms. The maximum atomic E-state index is 5.92. The first-order valence-corrected chi connectivity index (χ1v) is 9.45. The van der Waals surface area contributed by atoms with Crippen LogP contribution in [0.4, 0.5) is 0 Å². The van der Waals surface area contributed by atoms with Crippen molar-refractivity contribution in [2.75, 3.05) is 40.5 Å². The molecule has 0 bridgehead atoms. The van der Waals surface area contributed by atoms with Crippen LogP contribution in [-0.4, -0.2) is 62.4 Å². The Morgan fingerprint density at radius 3 is 2.65 bits per heavy atom. The number of hydrogen-bond donors (Lipinski definition) is 1. The van der Waals surface area contributed by atoms with E-state index in [0.29, 0.717) is 18.5 Å². The minimum atomic E-state index is -0.0297. The van der Waals surface area contributed by atoms with Crippen LogP contribution in [0.2, 0.25) is 0 Å². The third-order valence-electron chi connectivity index (χ3n) is 4.49. The van der Waals surface area contributed by atoms with Crippen LogP contribution in [-0.2, 0) is 21.4 Å². The number of piperidine rings is 1. The van der Waals surface area contributed by atoms with Gasteiger partial charge in [0.05, 0.1) is 18.8 Å². The van der Waals surface area contributed by atoms with Gasteiger partial charge in [-0.05, 0) is 19.3 Å². The maximum absolute atomic E-state index is 5.92. The highest BCUT2D eigenvalue weighted by atomic mass is 16.5. The van der Waals surface area contributed by atoms with Gasteiger partial charge in [-0.1, -0.05) is 20.8 Å². The summed E-state index contributed by atoms with van der Waals surface area (Å²) in [4.78, 5) is 11.0. The number of nitrogens with one attached hydrogen (secondary N) is 1. The van der Waals surface area contributed by atoms with Gasteiger partial charge in [-0.2, -0.15) is 0 Å². The molecule has 1 aromatic rings. The maximum Gasteiger partial charge on any atom is 0.213 e. The van der Waals surface area contributed by atoms with E-state index in [2.05, 4.69) is 41.0 Å². The van der Waals surface area contributed by atoms with E-state index in [0.717, 1.165) is 57.3 Å². The number of aliphatic imine (C=N–C) groups is 1. The zero-order valence-electron chi connectivity index (χ0n) is 16.9. The Bertz CT molecular complexity index is 557. The SMILES string of the molecule is CN=C(NCc1ncc(C(C)(C)C)o1)N1CCC(OCCCOC)CC1. The van der Waals surface area contributed by atoms with Gasteiger partial charge in [0.2, 0.25) is 5.89 Å². The number of aromatic nitrogens is 1. The lowest BCUT2D eigenvalue weighted by molar-refractivity contribution is 0.00988. The topological polar surface area (TPSA) is 72.1 Å². The van der Waals surface area contributed by atoms with Crippen molar-refractivity contribution >= 4 is 5.96 Å². The first-order chi connectivity index (χ1) is 12.4. The van der Waals surface area contributed by atoms with Crippen LogP contribution in [0, 0.1) is 0 Å². The predicted octanol–water partition coefficient (Wildman–Crippen LogP) is 2.57. The lowest BCUT2D eigenvalue weighted by Crippen LogP contribution is -2.46. The molecule has 2 heterocycles. The molecule has 1 N–H and O–H groups in total. The summed E-state index contributed by atoms with van der Waals surface area (Å²) in [6.07, 6.45) is 5.13. The molecule has 26 heavy (non-hydrogen) atoms. The third-order valence-corrected chi connectivity index (χ3v) is 4.49. The lowest BCUT2D eigenvalue weighted by atomic mass is 9.94. The molecule has 0 radical (unpaired) electrons. The molecule has 1 aromatic heterocycles. The van der Waals surface area contributed by atoms with Crippen molar-refractivity contribution in [2.45, 2.75) is 58.1 Å². The van der Waals surface area contributed by atoms with Crippen molar-refractivity contribution in [1.29, 1.82) is 0 Å². The number of guanidine groups is 1. The fraction of sp³-hybridized carbons (Fsp3) is 0.789. The number of methoxy groups -OCH3 is 1. The minimum absolute atomic E-state index is 0.0297. The highest BCUT2D eigenvalue weighted by molar-refractivity contribution is 5.79. The fourth-order valence-corrected chi connectivity index (χ4v) is 2.91. The summed E-state index contributed by atoms with van der Waals surface area (Å²) in [6.45, 7) is 10.3. The molecule has 0 aromatic carbocycles. The van der Waals surface area contributed by atoms with Gasteiger partial charge >= 0.3 is 0 Å². The molecule has 1 fully saturated rings. The van der Waals surface area contributed by atoms with Crippen molar-refractivity contribution in [3.63, 3.8) is 0 Å². The molecule has 1 aliphatic rings. The van der Waals surface area contributed by atoms with Gasteiger partial charge in [-0.3, -0.25) is 4.99 Å². The highest BCUT2D eigenvalue weighted by Gasteiger charge is 2.23. The normalized spacial score (nSPS) is 17.0. The van der Waals surface area contributed by atoms with Crippen molar-refractivity contribution < 1.29 is 13.9 Å². The number of oxazole rings is 1. The summed E-state index contributed by atoms with van der Waals surface area (Å²) in [5, 5.41) is 3.36. The van der Waals surface area contributed by atoms with E-state index in [4.69, 9.17) is 13.9 Å². The predicted molar refractivity (Wildman–Crippen MR) is 102 cm³/mol. The monoisotopic (exact) mass is 366 g/mol. The van der Waals surface area contributed by atoms with Gasteiger partial charge in [0.1, 0.15) is 5.76 Å². The van der Waals surface area contributed by atoms with Crippen LogP contribution in [0.15, 0.2) is 15.6 Å². The van der Waals surface area contributed by atoms with E-state index in [9.17, 15) is 0 Å². The van der Waals surface area contributed by atoms with E-state index in [1.165, 1.54) is 0 Å². The molecule has 148 valence electrons. The standard InChI is InChI=1S/C19H34N4O3/c1-19(2,3)16-13-21-17(26-16)14-22-18(20-4)23-9-7-15(8-10-23)25-12-6-11-24-5/h13,15H,6-12,14H2,1-5H3,(H,20,22). The average molecular weight is 367 g/mol. The molecular formula is C19H34N4O3. The van der Waals surface area contributed by atoms with Crippen LogP contribution >= 0.6 is 0 Å². The van der Waals surface area contributed by atoms with Crippen LogP contribution in [0.5, 0.6) is 0 Å². The number of hydrogen-bond acceptors (Lipinski definition) is 5. The first kappa shape index (κ1) is 20.7. The number of ether oxygens (including phenoxy) is 2. The zero-order chi connectivity index (χ0) is 19.0. The van der Waals surface area contributed by atoms with Crippen molar-refractivity contribution in [2.24, 2.45) is 4.99 Å². The van der Waals surface area contributed by atoms with Gasteiger partial charge in [0.15, 0.2) is 5.96 Å².